The Morgan fingerprint density at radius 1 is 1.35 bits per heavy atom. The van der Waals surface area contributed by atoms with Gasteiger partial charge in [0.25, 0.3) is 0 Å². The molecule has 20 heavy (non-hydrogen) atoms. The number of aldehydes is 1. The maximum atomic E-state index is 11.2. The molecule has 4 nitrogen and oxygen atoms in total. The third-order valence-electron chi connectivity index (χ3n) is 3.54. The lowest BCUT2D eigenvalue weighted by Crippen LogP contribution is -2.01. The number of benzene rings is 1. The van der Waals surface area contributed by atoms with Crippen molar-refractivity contribution in [1.82, 2.24) is 14.3 Å². The fourth-order valence-electron chi connectivity index (χ4n) is 2.54. The smallest absolute Gasteiger partial charge is 0.152 e. The van der Waals surface area contributed by atoms with E-state index in [1.165, 1.54) is 0 Å². The second-order valence-electron chi connectivity index (χ2n) is 4.82. The fourth-order valence-corrected chi connectivity index (χ4v) is 2.78. The molecule has 0 fully saturated rings. The van der Waals surface area contributed by atoms with Crippen molar-refractivity contribution in [1.29, 1.82) is 0 Å². The largest absolute Gasteiger partial charge is 0.342 e. The zero-order valence-corrected chi connectivity index (χ0v) is 12.1. The average molecular weight is 288 g/mol. The summed E-state index contributed by atoms with van der Waals surface area (Å²) in [6.07, 6.45) is 2.86. The molecule has 3 aromatic rings. The Hall–Kier alpha value is -2.07. The molecule has 0 aliphatic carbocycles. The minimum atomic E-state index is 0.604. The average Bonchev–Trinajstić information content (AvgIpc) is 2.96. The number of aryl methyl sites for hydroxylation is 2. The molecule has 2 heterocycles. The van der Waals surface area contributed by atoms with E-state index < -0.39 is 0 Å². The van der Waals surface area contributed by atoms with Crippen molar-refractivity contribution in [3.8, 4) is 0 Å². The molecule has 0 bridgehead atoms. The van der Waals surface area contributed by atoms with Crippen LogP contribution in [0.5, 0.6) is 0 Å². The maximum Gasteiger partial charge on any atom is 0.152 e. The van der Waals surface area contributed by atoms with Crippen molar-refractivity contribution >= 4 is 28.8 Å². The Morgan fingerprint density at radius 3 is 2.80 bits per heavy atom. The van der Waals surface area contributed by atoms with Crippen molar-refractivity contribution < 1.29 is 4.79 Å². The number of hydrogen-bond donors (Lipinski definition) is 0. The fraction of sp³-hybridized carbons (Fsp3) is 0.200. The van der Waals surface area contributed by atoms with E-state index in [2.05, 4.69) is 5.10 Å². The van der Waals surface area contributed by atoms with Gasteiger partial charge in [0.2, 0.25) is 0 Å². The number of hydrogen-bond acceptors (Lipinski definition) is 2. The van der Waals surface area contributed by atoms with Gasteiger partial charge in [-0.1, -0.05) is 23.7 Å². The third-order valence-corrected chi connectivity index (χ3v) is 4.02. The zero-order valence-electron chi connectivity index (χ0n) is 11.3. The van der Waals surface area contributed by atoms with E-state index in [4.69, 9.17) is 11.6 Å². The summed E-state index contributed by atoms with van der Waals surface area (Å²) in [7, 11) is 1.82. The van der Waals surface area contributed by atoms with E-state index in [9.17, 15) is 4.79 Å². The number of para-hydroxylation sites is 1. The van der Waals surface area contributed by atoms with Crippen LogP contribution < -0.4 is 0 Å². The Labute approximate surface area is 121 Å². The lowest BCUT2D eigenvalue weighted by molar-refractivity contribution is 0.112. The van der Waals surface area contributed by atoms with Crippen molar-refractivity contribution in [2.75, 3.05) is 0 Å². The molecule has 102 valence electrons. The number of carbonyl (C=O) groups is 1. The van der Waals surface area contributed by atoms with Crippen molar-refractivity contribution in [3.05, 3.63) is 52.4 Å². The van der Waals surface area contributed by atoms with Gasteiger partial charge in [-0.2, -0.15) is 5.10 Å². The first-order valence-electron chi connectivity index (χ1n) is 6.33. The molecule has 2 aromatic heterocycles. The quantitative estimate of drug-likeness (QED) is 0.694. The number of fused-ring (bicyclic) bond motifs is 1. The molecule has 0 aliphatic rings. The molecule has 0 atom stereocenters. The summed E-state index contributed by atoms with van der Waals surface area (Å²) in [6.45, 7) is 2.54. The van der Waals surface area contributed by atoms with Gasteiger partial charge in [-0.05, 0) is 19.1 Å². The Morgan fingerprint density at radius 2 is 2.15 bits per heavy atom. The van der Waals surface area contributed by atoms with Crippen LogP contribution in [0.15, 0.2) is 30.5 Å². The van der Waals surface area contributed by atoms with Crippen LogP contribution in [0.25, 0.3) is 10.9 Å². The molecule has 0 saturated heterocycles. The van der Waals surface area contributed by atoms with Crippen LogP contribution in [0.4, 0.5) is 0 Å². The zero-order chi connectivity index (χ0) is 14.3. The summed E-state index contributed by atoms with van der Waals surface area (Å²) in [6, 6.07) is 7.71. The van der Waals surface area contributed by atoms with Gasteiger partial charge in [0, 0.05) is 29.8 Å². The summed E-state index contributed by atoms with van der Waals surface area (Å²) < 4.78 is 3.70. The number of nitrogens with zero attached hydrogens (tertiary/aromatic N) is 3. The molecule has 3 rings (SSSR count). The summed E-state index contributed by atoms with van der Waals surface area (Å²) in [5, 5.41) is 6.00. The predicted molar refractivity (Wildman–Crippen MR) is 79.4 cm³/mol. The minimum absolute atomic E-state index is 0.604. The summed E-state index contributed by atoms with van der Waals surface area (Å²) >= 11 is 6.27. The maximum absolute atomic E-state index is 11.2. The predicted octanol–water partition coefficient (Wildman–Crippen LogP) is 3.20. The Balaban J connectivity index is 2.14. The highest BCUT2D eigenvalue weighted by molar-refractivity contribution is 6.30. The second kappa shape index (κ2) is 4.80. The van der Waals surface area contributed by atoms with Gasteiger partial charge in [0.05, 0.1) is 17.8 Å². The number of rotatable bonds is 3. The molecule has 0 amide bonds. The minimum Gasteiger partial charge on any atom is -0.342 e. The van der Waals surface area contributed by atoms with E-state index in [1.807, 2.05) is 49.0 Å². The molecular weight excluding hydrogens is 274 g/mol. The van der Waals surface area contributed by atoms with Crippen LogP contribution in [-0.2, 0) is 13.6 Å². The van der Waals surface area contributed by atoms with Gasteiger partial charge in [-0.15, -0.1) is 0 Å². The molecule has 0 unspecified atom stereocenters. The van der Waals surface area contributed by atoms with E-state index >= 15 is 0 Å². The van der Waals surface area contributed by atoms with Crippen LogP contribution >= 0.6 is 11.6 Å². The summed E-state index contributed by atoms with van der Waals surface area (Å²) in [5.74, 6) is 0. The van der Waals surface area contributed by atoms with Gasteiger partial charge in [-0.25, -0.2) is 0 Å². The normalized spacial score (nSPS) is 11.2. The molecule has 0 N–H and O–H groups in total. The lowest BCUT2D eigenvalue weighted by Gasteiger charge is -2.07. The molecule has 0 saturated carbocycles. The van der Waals surface area contributed by atoms with E-state index in [1.54, 1.807) is 4.68 Å². The molecule has 0 spiro atoms. The first kappa shape index (κ1) is 12.9. The third kappa shape index (κ3) is 1.93. The number of carbonyl (C=O) groups excluding carboxylic acids is 1. The Kier molecular flexibility index (Phi) is 3.10. The number of halogens is 1. The highest BCUT2D eigenvalue weighted by Gasteiger charge is 2.13. The summed E-state index contributed by atoms with van der Waals surface area (Å²) in [5.41, 5.74) is 3.50. The lowest BCUT2D eigenvalue weighted by atomic mass is 10.1. The molecular formula is C15H14ClN3O. The van der Waals surface area contributed by atoms with Crippen LogP contribution in [0.2, 0.25) is 5.15 Å². The SMILES string of the molecule is Cc1nn(C)c(Cl)c1Cn1ccc2cccc(C=O)c21. The van der Waals surface area contributed by atoms with Crippen molar-refractivity contribution in [3.63, 3.8) is 0 Å². The van der Waals surface area contributed by atoms with Crippen LogP contribution in [0.3, 0.4) is 0 Å². The highest BCUT2D eigenvalue weighted by Crippen LogP contribution is 2.24. The standard InChI is InChI=1S/C15H14ClN3O/c1-10-13(15(16)18(2)17-10)8-19-7-6-11-4-3-5-12(9-20)14(11)19/h3-7,9H,8H2,1-2H3. The van der Waals surface area contributed by atoms with E-state index in [-0.39, 0.29) is 0 Å². The van der Waals surface area contributed by atoms with Gasteiger partial charge in [0.1, 0.15) is 5.15 Å². The topological polar surface area (TPSA) is 39.8 Å². The molecule has 1 aromatic carbocycles. The number of aromatic nitrogens is 3. The van der Waals surface area contributed by atoms with Gasteiger partial charge >= 0.3 is 0 Å². The van der Waals surface area contributed by atoms with Gasteiger partial charge in [-0.3, -0.25) is 9.48 Å². The van der Waals surface area contributed by atoms with E-state index in [0.29, 0.717) is 17.3 Å². The van der Waals surface area contributed by atoms with Crippen LogP contribution in [0.1, 0.15) is 21.6 Å². The summed E-state index contributed by atoms with van der Waals surface area (Å²) in [4.78, 5) is 11.2. The van der Waals surface area contributed by atoms with E-state index in [0.717, 1.165) is 28.4 Å². The molecule has 0 aliphatic heterocycles. The second-order valence-corrected chi connectivity index (χ2v) is 5.18. The first-order chi connectivity index (χ1) is 9.61. The first-order valence-corrected chi connectivity index (χ1v) is 6.70. The van der Waals surface area contributed by atoms with Crippen LogP contribution in [0, 0.1) is 6.92 Å². The molecule has 5 heteroatoms. The van der Waals surface area contributed by atoms with Gasteiger partial charge < -0.3 is 4.57 Å². The highest BCUT2D eigenvalue weighted by atomic mass is 35.5. The van der Waals surface area contributed by atoms with Gasteiger partial charge in [0.15, 0.2) is 6.29 Å². The van der Waals surface area contributed by atoms with Crippen molar-refractivity contribution in [2.45, 2.75) is 13.5 Å². The monoisotopic (exact) mass is 287 g/mol. The Bertz CT molecular complexity index is 801. The molecule has 0 radical (unpaired) electrons. The van der Waals surface area contributed by atoms with Crippen LogP contribution in [-0.4, -0.2) is 20.6 Å². The van der Waals surface area contributed by atoms with Crippen molar-refractivity contribution in [2.24, 2.45) is 7.05 Å².